The summed E-state index contributed by atoms with van der Waals surface area (Å²) < 4.78 is 35.4. The Bertz CT molecular complexity index is 2510. The summed E-state index contributed by atoms with van der Waals surface area (Å²) in [7, 11) is 2.71. The van der Waals surface area contributed by atoms with E-state index in [1.807, 2.05) is 0 Å². The Balaban J connectivity index is 1.17. The number of methoxy groups -OCH3 is 2. The van der Waals surface area contributed by atoms with Crippen molar-refractivity contribution in [2.24, 2.45) is 0 Å². The largest absolute Gasteiger partial charge is 0.506 e. The second-order valence-corrected chi connectivity index (χ2v) is 15.7. The average Bonchev–Trinajstić information content (AvgIpc) is 3.22. The van der Waals surface area contributed by atoms with Gasteiger partial charge >= 0.3 is 11.9 Å². The minimum absolute atomic E-state index is 0.00666. The number of esters is 2. The molecule has 62 heavy (non-hydrogen) atoms. The number of benzene rings is 4. The van der Waals surface area contributed by atoms with Crippen LogP contribution in [0.2, 0.25) is 0 Å². The smallest absolute Gasteiger partial charge is 0.340 e. The molecule has 4 N–H and O–H groups in total. The van der Waals surface area contributed by atoms with Gasteiger partial charge in [0.15, 0.2) is 47.2 Å². The number of aryl methyl sites for hydroxylation is 2. The molecule has 14 nitrogen and oxygen atoms in total. The van der Waals surface area contributed by atoms with E-state index < -0.39 is 82.1 Å². The van der Waals surface area contributed by atoms with Crippen LogP contribution in [-0.4, -0.2) is 81.6 Å². The summed E-state index contributed by atoms with van der Waals surface area (Å²) in [6, 6.07) is 20.3. The molecule has 8 rings (SSSR count). The van der Waals surface area contributed by atoms with Crippen molar-refractivity contribution in [1.82, 2.24) is 0 Å². The molecular formula is C48H42O14. The Hall–Kier alpha value is -7.16. The number of phenols is 2. The van der Waals surface area contributed by atoms with Crippen molar-refractivity contribution in [1.29, 1.82) is 0 Å². The number of hydrogen-bond donors (Lipinski definition) is 4. The molecule has 0 amide bonds. The number of rotatable bonds is 9. The van der Waals surface area contributed by atoms with Crippen LogP contribution in [0, 0.1) is 13.8 Å². The number of aliphatic hydroxyl groups excluding tert-OH is 2. The van der Waals surface area contributed by atoms with Crippen LogP contribution in [0.25, 0.3) is 22.6 Å². The van der Waals surface area contributed by atoms with Crippen molar-refractivity contribution in [3.8, 4) is 34.1 Å². The van der Waals surface area contributed by atoms with Gasteiger partial charge in [-0.3, -0.25) is 9.59 Å². The first-order valence-corrected chi connectivity index (χ1v) is 19.6. The van der Waals surface area contributed by atoms with Crippen LogP contribution in [0.5, 0.6) is 23.0 Å². The van der Waals surface area contributed by atoms with Crippen molar-refractivity contribution < 1.29 is 68.0 Å². The quantitative estimate of drug-likeness (QED) is 0.124. The molecule has 4 aliphatic rings. The van der Waals surface area contributed by atoms with Crippen LogP contribution in [0.4, 0.5) is 0 Å². The first-order chi connectivity index (χ1) is 29.5. The number of ether oxygens (including phenoxy) is 6. The number of ketones is 2. The van der Waals surface area contributed by atoms with Gasteiger partial charge in [-0.1, -0.05) is 60.7 Å². The predicted molar refractivity (Wildman–Crippen MR) is 222 cm³/mol. The van der Waals surface area contributed by atoms with E-state index in [1.165, 1.54) is 52.4 Å². The number of aliphatic hydroxyl groups is 2. The highest BCUT2D eigenvalue weighted by Gasteiger charge is 2.54. The van der Waals surface area contributed by atoms with Gasteiger partial charge in [0, 0.05) is 25.3 Å². The molecular weight excluding hydrogens is 801 g/mol. The van der Waals surface area contributed by atoms with Crippen molar-refractivity contribution in [3.63, 3.8) is 0 Å². The molecule has 0 fully saturated rings. The van der Waals surface area contributed by atoms with Gasteiger partial charge in [0.25, 0.3) is 0 Å². The molecule has 2 aliphatic heterocycles. The molecule has 14 heteroatoms. The summed E-state index contributed by atoms with van der Waals surface area (Å²) in [4.78, 5) is 54.0. The summed E-state index contributed by atoms with van der Waals surface area (Å²) >= 11 is 0. The Morgan fingerprint density at radius 3 is 1.29 bits per heavy atom. The molecule has 0 bridgehead atoms. The van der Waals surface area contributed by atoms with E-state index in [-0.39, 0.29) is 44.9 Å². The molecule has 6 atom stereocenters. The number of carbonyl (C=O) groups excluding carboxylic acids is 4. The fourth-order valence-electron chi connectivity index (χ4n) is 8.74. The van der Waals surface area contributed by atoms with E-state index in [0.29, 0.717) is 22.3 Å². The first-order valence-electron chi connectivity index (χ1n) is 19.6. The van der Waals surface area contributed by atoms with Crippen LogP contribution in [-0.2, 0) is 38.1 Å². The molecule has 0 aromatic heterocycles. The van der Waals surface area contributed by atoms with Crippen LogP contribution in [0.1, 0.15) is 59.4 Å². The highest BCUT2D eigenvalue weighted by atomic mass is 16.6. The Morgan fingerprint density at radius 1 is 0.597 bits per heavy atom. The maximum Gasteiger partial charge on any atom is 0.340 e. The van der Waals surface area contributed by atoms with E-state index in [2.05, 4.69) is 0 Å². The third kappa shape index (κ3) is 6.41. The van der Waals surface area contributed by atoms with E-state index >= 15 is 0 Å². The maximum atomic E-state index is 13.5. The Kier molecular flexibility index (Phi) is 10.3. The zero-order chi connectivity index (χ0) is 44.4. The summed E-state index contributed by atoms with van der Waals surface area (Å²) in [6.07, 6.45) is 0.268. The van der Waals surface area contributed by atoms with Crippen LogP contribution < -0.4 is 9.47 Å². The number of fused-ring (bicyclic) bond motifs is 4. The molecule has 4 aromatic rings. The summed E-state index contributed by atoms with van der Waals surface area (Å²) in [5.74, 6) is -5.53. The number of hydrogen-bond acceptors (Lipinski definition) is 14. The minimum Gasteiger partial charge on any atom is -0.506 e. The zero-order valence-electron chi connectivity index (χ0n) is 34.4. The van der Waals surface area contributed by atoms with Crippen molar-refractivity contribution >= 4 is 35.0 Å². The van der Waals surface area contributed by atoms with Gasteiger partial charge in [-0.15, -0.1) is 0 Å². The lowest BCUT2D eigenvalue weighted by molar-refractivity contribution is -0.167. The molecule has 0 saturated heterocycles. The van der Waals surface area contributed by atoms with E-state index in [9.17, 15) is 39.6 Å². The lowest BCUT2D eigenvalue weighted by atomic mass is 9.77. The normalized spacial score (nSPS) is 23.3. The van der Waals surface area contributed by atoms with Gasteiger partial charge in [-0.2, -0.15) is 0 Å². The highest BCUT2D eigenvalue weighted by molar-refractivity contribution is 6.14. The molecule has 2 heterocycles. The van der Waals surface area contributed by atoms with E-state index in [4.69, 9.17) is 28.4 Å². The van der Waals surface area contributed by atoms with Crippen LogP contribution in [0.15, 0.2) is 108 Å². The topological polar surface area (TPSA) is 205 Å². The maximum absolute atomic E-state index is 13.5. The summed E-state index contributed by atoms with van der Waals surface area (Å²) in [5.41, 5.74) is -3.02. The predicted octanol–water partition coefficient (Wildman–Crippen LogP) is 7.10. The fourth-order valence-corrected chi connectivity index (χ4v) is 8.74. The first kappa shape index (κ1) is 41.6. The third-order valence-corrected chi connectivity index (χ3v) is 11.8. The zero-order valence-corrected chi connectivity index (χ0v) is 34.4. The number of aromatic hydroxyl groups is 2. The summed E-state index contributed by atoms with van der Waals surface area (Å²) in [5, 5.41) is 47.9. The fraction of sp³-hybridized carbons (Fsp3) is 0.250. The van der Waals surface area contributed by atoms with Gasteiger partial charge in [-0.05, 0) is 86.4 Å². The number of allylic oxidation sites excluding steroid dienone is 2. The van der Waals surface area contributed by atoms with Crippen LogP contribution in [0.3, 0.4) is 0 Å². The van der Waals surface area contributed by atoms with Crippen LogP contribution >= 0.6 is 0 Å². The second kappa shape index (κ2) is 15.4. The van der Waals surface area contributed by atoms with Gasteiger partial charge < -0.3 is 48.8 Å². The average molecular weight is 843 g/mol. The highest BCUT2D eigenvalue weighted by Crippen LogP contribution is 2.56. The number of phenolic OH excluding ortho intramolecular Hbond substituents is 2. The molecule has 318 valence electrons. The molecule has 0 saturated carbocycles. The van der Waals surface area contributed by atoms with Crippen molar-refractivity contribution in [3.05, 3.63) is 142 Å². The lowest BCUT2D eigenvalue weighted by Crippen LogP contribution is -2.54. The van der Waals surface area contributed by atoms with Gasteiger partial charge in [0.2, 0.25) is 0 Å². The Labute approximate surface area is 355 Å². The third-order valence-electron chi connectivity index (χ3n) is 11.8. The molecule has 0 unspecified atom stereocenters. The Morgan fingerprint density at radius 2 is 0.952 bits per heavy atom. The minimum atomic E-state index is -1.76. The van der Waals surface area contributed by atoms with Gasteiger partial charge in [-0.25, -0.2) is 9.59 Å². The molecule has 2 aliphatic carbocycles. The standard InChI is InChI=1S/C48H42O14/c1-23-21-29-35(41(53)37-27(49)17-19-31(47(37,3)61-29)59-45(55)43(57-5)25-13-9-7-10-14-25)39(51)33(23)34-24(2)22-30-36(40(34)52)42(54)38-28(50)18-20-32(48(38,4)62-30)60-46(56)44(58-6)26-15-11-8-12-16-26/h7-22,31-32,43-44,51-54H,1-6H3/t31-,32-,43+,44+,47-,48-/m0/s1. The van der Waals surface area contributed by atoms with Gasteiger partial charge in [0.1, 0.15) is 45.6 Å². The molecule has 0 spiro atoms. The SMILES string of the molecule is CO[C@@H](C(=O)O[C@H]1C=CC(=O)C2=C(O)c3c(cc(C)c(-c4c(C)cc5c(c4O)C(O)=C4C(=O)C=C[C@H](OC(=O)[C@H](OC)c6ccccc6)[C@]4(C)O5)c3O)O[C@]21C)c1ccccc1. The molecule has 0 radical (unpaired) electrons. The number of carbonyl (C=O) groups is 4. The lowest BCUT2D eigenvalue weighted by Gasteiger charge is -2.43. The van der Waals surface area contributed by atoms with E-state index in [0.717, 1.165) is 12.2 Å². The van der Waals surface area contributed by atoms with E-state index in [1.54, 1.807) is 74.5 Å². The summed E-state index contributed by atoms with van der Waals surface area (Å²) in [6.45, 7) is 6.15. The van der Waals surface area contributed by atoms with Crippen molar-refractivity contribution in [2.75, 3.05) is 14.2 Å². The van der Waals surface area contributed by atoms with Crippen molar-refractivity contribution in [2.45, 2.75) is 63.3 Å². The second-order valence-electron chi connectivity index (χ2n) is 15.7. The monoisotopic (exact) mass is 842 g/mol. The molecule has 4 aromatic carbocycles. The van der Waals surface area contributed by atoms with Gasteiger partial charge in [0.05, 0.1) is 11.1 Å².